The molecule has 0 aromatic heterocycles. The summed E-state index contributed by atoms with van der Waals surface area (Å²) in [6, 6.07) is 0. The Morgan fingerprint density at radius 2 is 1.12 bits per heavy atom. The quantitative estimate of drug-likeness (QED) is 0.0200. The van der Waals surface area contributed by atoms with Crippen LogP contribution >= 0.6 is 0 Å². The second-order valence-electron chi connectivity index (χ2n) is 15.6. The van der Waals surface area contributed by atoms with E-state index >= 15 is 0 Å². The third-order valence-corrected chi connectivity index (χ3v) is 10.9. The molecule has 1 aliphatic rings. The van der Waals surface area contributed by atoms with E-state index in [4.69, 9.17) is 23.5 Å². The molecule has 13 heteroatoms. The average Bonchev–Trinajstić information content (AvgIpc) is 3.17. The Kier molecular flexibility index (Phi) is 33.7. The summed E-state index contributed by atoms with van der Waals surface area (Å²) in [6.45, 7) is 3.98. The van der Waals surface area contributed by atoms with Crippen molar-refractivity contribution in [1.29, 1.82) is 0 Å². The van der Waals surface area contributed by atoms with Crippen LogP contribution in [-0.4, -0.2) is 97.5 Å². The van der Waals surface area contributed by atoms with Crippen molar-refractivity contribution in [3.05, 3.63) is 12.2 Å². The minimum Gasteiger partial charge on any atom is -0.457 e. The zero-order chi connectivity index (χ0) is 41.1. The molecule has 1 aliphatic heterocycles. The molecule has 332 valence electrons. The van der Waals surface area contributed by atoms with E-state index in [9.17, 15) is 28.5 Å². The highest BCUT2D eigenvalue weighted by molar-refractivity contribution is 7.80. The number of hydrogen-bond donors (Lipinski definition) is 4. The molecular formula is C43H82O12S. The Balaban J connectivity index is 2.42. The summed E-state index contributed by atoms with van der Waals surface area (Å²) in [5, 5.41) is 30.6. The Morgan fingerprint density at radius 3 is 1.61 bits per heavy atom. The maximum absolute atomic E-state index is 12.8. The maximum Gasteiger partial charge on any atom is 0.397 e. The Bertz CT molecular complexity index is 1040. The number of esters is 1. The summed E-state index contributed by atoms with van der Waals surface area (Å²) >= 11 is 0. The van der Waals surface area contributed by atoms with Crippen LogP contribution in [-0.2, 0) is 38.3 Å². The average molecular weight is 823 g/mol. The topological polar surface area (TPSA) is 178 Å². The number of rotatable bonds is 39. The molecule has 6 atom stereocenters. The third-order valence-electron chi connectivity index (χ3n) is 10.4. The standard InChI is InChI=1S/C43H82O12S/c1-3-5-7-9-11-13-15-17-18-19-20-21-23-25-27-29-31-33-51-35-37(53-39(45)32-30-28-26-24-22-16-14-12-10-8-6-4-2)36-52-43-41(47)42(55-56(48,49)50)40(46)38(34-44)54-43/h18-19,37-38,40-44,46-47H,3-17,20-36H2,1-2H3,(H,48,49,50)/b19-18-. The Hall–Kier alpha value is -1.16. The zero-order valence-corrected chi connectivity index (χ0v) is 36.0. The van der Waals surface area contributed by atoms with E-state index in [1.807, 2.05) is 0 Å². The fourth-order valence-corrected chi connectivity index (χ4v) is 7.47. The van der Waals surface area contributed by atoms with Gasteiger partial charge in [-0.15, -0.1) is 0 Å². The fraction of sp³-hybridized carbons (Fsp3) is 0.930. The molecule has 1 fully saturated rings. The summed E-state index contributed by atoms with van der Waals surface area (Å²) in [4.78, 5) is 12.8. The molecule has 0 aromatic carbocycles. The van der Waals surface area contributed by atoms with E-state index in [1.54, 1.807) is 0 Å². The van der Waals surface area contributed by atoms with Gasteiger partial charge in [0.05, 0.1) is 19.8 Å². The minimum absolute atomic E-state index is 0.0369. The highest BCUT2D eigenvalue weighted by Crippen LogP contribution is 2.26. The van der Waals surface area contributed by atoms with E-state index in [-0.39, 0.29) is 19.6 Å². The predicted molar refractivity (Wildman–Crippen MR) is 221 cm³/mol. The van der Waals surface area contributed by atoms with Gasteiger partial charge in [-0.2, -0.15) is 8.42 Å². The lowest BCUT2D eigenvalue weighted by atomic mass is 9.99. The molecule has 0 bridgehead atoms. The van der Waals surface area contributed by atoms with E-state index < -0.39 is 59.8 Å². The van der Waals surface area contributed by atoms with Crippen molar-refractivity contribution in [2.24, 2.45) is 0 Å². The lowest BCUT2D eigenvalue weighted by molar-refractivity contribution is -0.301. The SMILES string of the molecule is CCCCCCCCC/C=C\CCCCCCCCOCC(COC1OC(CO)C(O)C(OS(=O)(=O)O)C1O)OC(=O)CCCCCCCCCCCCCC. The van der Waals surface area contributed by atoms with Crippen LogP contribution in [0.25, 0.3) is 0 Å². The summed E-state index contributed by atoms with van der Waals surface area (Å²) < 4.78 is 59.0. The second-order valence-corrected chi connectivity index (χ2v) is 16.7. The first-order valence-electron chi connectivity index (χ1n) is 22.4. The molecule has 6 unspecified atom stereocenters. The van der Waals surface area contributed by atoms with Gasteiger partial charge in [0.1, 0.15) is 30.5 Å². The minimum atomic E-state index is -5.06. The smallest absolute Gasteiger partial charge is 0.397 e. The van der Waals surface area contributed by atoms with Crippen LogP contribution in [0.2, 0.25) is 0 Å². The van der Waals surface area contributed by atoms with E-state index in [2.05, 4.69) is 30.2 Å². The molecular weight excluding hydrogens is 741 g/mol. The lowest BCUT2D eigenvalue weighted by Gasteiger charge is -2.41. The Labute approximate surface area is 340 Å². The summed E-state index contributed by atoms with van der Waals surface area (Å²) in [5.41, 5.74) is 0. The number of allylic oxidation sites excluding steroid dienone is 2. The molecule has 1 heterocycles. The van der Waals surface area contributed by atoms with Crippen LogP contribution in [0, 0.1) is 0 Å². The van der Waals surface area contributed by atoms with Crippen molar-refractivity contribution in [1.82, 2.24) is 0 Å². The molecule has 0 radical (unpaired) electrons. The largest absolute Gasteiger partial charge is 0.457 e. The molecule has 0 aliphatic carbocycles. The van der Waals surface area contributed by atoms with Gasteiger partial charge in [-0.3, -0.25) is 9.35 Å². The van der Waals surface area contributed by atoms with E-state index in [0.717, 1.165) is 44.9 Å². The van der Waals surface area contributed by atoms with Crippen LogP contribution in [0.5, 0.6) is 0 Å². The van der Waals surface area contributed by atoms with Gasteiger partial charge in [-0.05, 0) is 38.5 Å². The first-order valence-corrected chi connectivity index (χ1v) is 23.8. The molecule has 0 aromatic rings. The van der Waals surface area contributed by atoms with Gasteiger partial charge in [0.25, 0.3) is 0 Å². The third kappa shape index (κ3) is 29.1. The maximum atomic E-state index is 12.8. The molecule has 1 rings (SSSR count). The van der Waals surface area contributed by atoms with Gasteiger partial charge in [0.15, 0.2) is 6.29 Å². The number of aliphatic hydroxyl groups excluding tert-OH is 3. The molecule has 0 amide bonds. The highest BCUT2D eigenvalue weighted by Gasteiger charge is 2.48. The molecule has 0 spiro atoms. The number of ether oxygens (including phenoxy) is 4. The van der Waals surface area contributed by atoms with Crippen molar-refractivity contribution >= 4 is 16.4 Å². The normalized spacial score (nSPS) is 20.9. The van der Waals surface area contributed by atoms with Crippen LogP contribution in [0.3, 0.4) is 0 Å². The van der Waals surface area contributed by atoms with E-state index in [1.165, 1.54) is 122 Å². The highest BCUT2D eigenvalue weighted by atomic mass is 32.3. The molecule has 56 heavy (non-hydrogen) atoms. The van der Waals surface area contributed by atoms with Crippen molar-refractivity contribution in [2.45, 2.75) is 230 Å². The second kappa shape index (κ2) is 35.8. The molecule has 1 saturated heterocycles. The first kappa shape index (κ1) is 52.9. The first-order chi connectivity index (χ1) is 27.1. The molecule has 4 N–H and O–H groups in total. The zero-order valence-electron chi connectivity index (χ0n) is 35.2. The van der Waals surface area contributed by atoms with Crippen LogP contribution < -0.4 is 0 Å². The summed E-state index contributed by atoms with van der Waals surface area (Å²) in [5.74, 6) is -0.400. The summed E-state index contributed by atoms with van der Waals surface area (Å²) in [7, 11) is -5.06. The molecule has 12 nitrogen and oxygen atoms in total. The van der Waals surface area contributed by atoms with Gasteiger partial charge < -0.3 is 34.3 Å². The van der Waals surface area contributed by atoms with Crippen molar-refractivity contribution in [2.75, 3.05) is 26.4 Å². The van der Waals surface area contributed by atoms with Crippen molar-refractivity contribution < 1.29 is 56.2 Å². The lowest BCUT2D eigenvalue weighted by Crippen LogP contribution is -2.60. The van der Waals surface area contributed by atoms with Crippen LogP contribution in [0.1, 0.15) is 194 Å². The van der Waals surface area contributed by atoms with Gasteiger partial charge >= 0.3 is 16.4 Å². The van der Waals surface area contributed by atoms with Gasteiger partial charge in [0, 0.05) is 13.0 Å². The predicted octanol–water partition coefficient (Wildman–Crippen LogP) is 9.08. The fourth-order valence-electron chi connectivity index (χ4n) is 6.96. The van der Waals surface area contributed by atoms with E-state index in [0.29, 0.717) is 13.0 Å². The monoisotopic (exact) mass is 823 g/mol. The van der Waals surface area contributed by atoms with Gasteiger partial charge in [-0.1, -0.05) is 161 Å². The number of hydrogen-bond acceptors (Lipinski definition) is 11. The van der Waals surface area contributed by atoms with Crippen LogP contribution in [0.15, 0.2) is 12.2 Å². The summed E-state index contributed by atoms with van der Waals surface area (Å²) in [6.07, 6.45) is 28.2. The number of unbranched alkanes of at least 4 members (excludes halogenated alkanes) is 24. The Morgan fingerprint density at radius 1 is 0.661 bits per heavy atom. The van der Waals surface area contributed by atoms with Crippen molar-refractivity contribution in [3.8, 4) is 0 Å². The van der Waals surface area contributed by atoms with Crippen molar-refractivity contribution in [3.63, 3.8) is 0 Å². The van der Waals surface area contributed by atoms with Gasteiger partial charge in [0.2, 0.25) is 0 Å². The number of aliphatic hydroxyl groups is 3. The van der Waals surface area contributed by atoms with Gasteiger partial charge in [-0.25, -0.2) is 4.18 Å². The number of carbonyl (C=O) groups excluding carboxylic acids is 1. The van der Waals surface area contributed by atoms with Crippen LogP contribution in [0.4, 0.5) is 0 Å². The molecule has 0 saturated carbocycles. The number of carbonyl (C=O) groups is 1.